The lowest BCUT2D eigenvalue weighted by atomic mass is 10.1. The molecule has 2 amide bonds. The number of carbonyl (C=O) groups is 3. The first-order chi connectivity index (χ1) is 13.0. The van der Waals surface area contributed by atoms with Crippen LogP contribution in [0, 0.1) is 0 Å². The van der Waals surface area contributed by atoms with Gasteiger partial charge in [0.15, 0.2) is 6.61 Å². The van der Waals surface area contributed by atoms with Crippen molar-refractivity contribution in [1.29, 1.82) is 0 Å². The summed E-state index contributed by atoms with van der Waals surface area (Å²) in [5.74, 6) is -0.766. The van der Waals surface area contributed by atoms with Crippen molar-refractivity contribution in [1.82, 2.24) is 5.32 Å². The predicted octanol–water partition coefficient (Wildman–Crippen LogP) is 2.14. The molecule has 0 spiro atoms. The van der Waals surface area contributed by atoms with E-state index in [1.165, 1.54) is 13.2 Å². The fourth-order valence-corrected chi connectivity index (χ4v) is 2.32. The molecule has 0 atom stereocenters. The van der Waals surface area contributed by atoms with Crippen molar-refractivity contribution in [3.63, 3.8) is 0 Å². The maximum absolute atomic E-state index is 12.1. The summed E-state index contributed by atoms with van der Waals surface area (Å²) < 4.78 is 15.0. The average molecular weight is 371 g/mol. The Morgan fingerprint density at radius 3 is 2.30 bits per heavy atom. The molecule has 2 aromatic rings. The highest BCUT2D eigenvalue weighted by Crippen LogP contribution is 2.16. The third kappa shape index (κ3) is 6.14. The second-order valence-corrected chi connectivity index (χ2v) is 5.59. The van der Waals surface area contributed by atoms with E-state index in [4.69, 9.17) is 14.2 Å². The molecule has 2 rings (SSSR count). The molecule has 0 aliphatic heterocycles. The van der Waals surface area contributed by atoms with Gasteiger partial charge in [-0.15, -0.1) is 0 Å². The Kier molecular flexibility index (Phi) is 7.37. The van der Waals surface area contributed by atoms with Crippen LogP contribution in [0.25, 0.3) is 0 Å². The zero-order valence-electron chi connectivity index (χ0n) is 15.2. The number of aryl methyl sites for hydroxylation is 1. The molecular weight excluding hydrogens is 350 g/mol. The molecule has 0 saturated carbocycles. The van der Waals surface area contributed by atoms with Crippen molar-refractivity contribution in [3.8, 4) is 11.5 Å². The maximum Gasteiger partial charge on any atom is 0.306 e. The average Bonchev–Trinajstić information content (AvgIpc) is 2.70. The number of imide groups is 1. The first kappa shape index (κ1) is 20.0. The van der Waals surface area contributed by atoms with E-state index in [0.29, 0.717) is 12.2 Å². The van der Waals surface area contributed by atoms with Gasteiger partial charge < -0.3 is 14.2 Å². The van der Waals surface area contributed by atoms with E-state index in [9.17, 15) is 14.4 Å². The van der Waals surface area contributed by atoms with Crippen LogP contribution < -0.4 is 14.8 Å². The third-order valence-electron chi connectivity index (χ3n) is 3.75. The van der Waals surface area contributed by atoms with E-state index >= 15 is 0 Å². The largest absolute Gasteiger partial charge is 0.497 e. The second-order valence-electron chi connectivity index (χ2n) is 5.59. The number of hydrogen-bond donors (Lipinski definition) is 1. The molecule has 0 fully saturated rings. The SMILES string of the molecule is COc1ccc(CCC(=O)OCC(=O)NC(=O)c2ccccc2OC)cc1. The van der Waals surface area contributed by atoms with Crippen LogP contribution in [0.3, 0.4) is 0 Å². The van der Waals surface area contributed by atoms with E-state index in [-0.39, 0.29) is 12.0 Å². The summed E-state index contributed by atoms with van der Waals surface area (Å²) in [7, 11) is 3.01. The van der Waals surface area contributed by atoms with Gasteiger partial charge in [-0.3, -0.25) is 19.7 Å². The monoisotopic (exact) mass is 371 g/mol. The van der Waals surface area contributed by atoms with Crippen LogP contribution in [-0.2, 0) is 20.7 Å². The highest BCUT2D eigenvalue weighted by Gasteiger charge is 2.15. The van der Waals surface area contributed by atoms with Gasteiger partial charge in [-0.05, 0) is 36.2 Å². The Morgan fingerprint density at radius 1 is 0.926 bits per heavy atom. The van der Waals surface area contributed by atoms with Crippen molar-refractivity contribution in [2.75, 3.05) is 20.8 Å². The molecule has 2 aromatic carbocycles. The number of nitrogens with one attached hydrogen (secondary N) is 1. The molecule has 0 saturated heterocycles. The van der Waals surface area contributed by atoms with Crippen LogP contribution in [0.2, 0.25) is 0 Å². The number of rotatable bonds is 8. The summed E-state index contributed by atoms with van der Waals surface area (Å²) in [6.45, 7) is -0.525. The zero-order valence-corrected chi connectivity index (χ0v) is 15.2. The summed E-state index contributed by atoms with van der Waals surface area (Å²) in [6.07, 6.45) is 0.602. The zero-order chi connectivity index (χ0) is 19.6. The quantitative estimate of drug-likeness (QED) is 0.715. The molecule has 142 valence electrons. The third-order valence-corrected chi connectivity index (χ3v) is 3.75. The molecule has 1 N–H and O–H groups in total. The molecule has 0 bridgehead atoms. The van der Waals surface area contributed by atoms with E-state index < -0.39 is 24.4 Å². The van der Waals surface area contributed by atoms with Gasteiger partial charge in [0.1, 0.15) is 11.5 Å². The number of methoxy groups -OCH3 is 2. The summed E-state index contributed by atoms with van der Waals surface area (Å²) in [4.78, 5) is 35.7. The Hall–Kier alpha value is -3.35. The first-order valence-electron chi connectivity index (χ1n) is 8.29. The fraction of sp³-hybridized carbons (Fsp3) is 0.250. The highest BCUT2D eigenvalue weighted by molar-refractivity contribution is 6.06. The summed E-state index contributed by atoms with van der Waals surface area (Å²) >= 11 is 0. The number of amides is 2. The van der Waals surface area contributed by atoms with Crippen LogP contribution in [0.4, 0.5) is 0 Å². The van der Waals surface area contributed by atoms with E-state index in [2.05, 4.69) is 5.32 Å². The van der Waals surface area contributed by atoms with Gasteiger partial charge in [0.25, 0.3) is 11.8 Å². The summed E-state index contributed by atoms with van der Waals surface area (Å²) in [6, 6.07) is 13.8. The lowest BCUT2D eigenvalue weighted by Crippen LogP contribution is -2.34. The Bertz CT molecular complexity index is 800. The lowest BCUT2D eigenvalue weighted by molar-refractivity contribution is -0.148. The second kappa shape index (κ2) is 9.96. The van der Waals surface area contributed by atoms with Crippen molar-refractivity contribution < 1.29 is 28.6 Å². The highest BCUT2D eigenvalue weighted by atomic mass is 16.5. The predicted molar refractivity (Wildman–Crippen MR) is 97.7 cm³/mol. The number of benzene rings is 2. The van der Waals surface area contributed by atoms with Crippen LogP contribution in [0.15, 0.2) is 48.5 Å². The molecule has 7 heteroatoms. The van der Waals surface area contributed by atoms with Crippen LogP contribution in [-0.4, -0.2) is 38.6 Å². The van der Waals surface area contributed by atoms with Gasteiger partial charge in [-0.1, -0.05) is 24.3 Å². The van der Waals surface area contributed by atoms with Crippen molar-refractivity contribution in [2.45, 2.75) is 12.8 Å². The molecule has 0 aromatic heterocycles. The van der Waals surface area contributed by atoms with E-state index in [1.807, 2.05) is 12.1 Å². The normalized spacial score (nSPS) is 10.0. The number of esters is 1. The first-order valence-corrected chi connectivity index (χ1v) is 8.29. The fourth-order valence-electron chi connectivity index (χ4n) is 2.32. The molecule has 27 heavy (non-hydrogen) atoms. The Morgan fingerprint density at radius 2 is 1.63 bits per heavy atom. The molecule has 7 nitrogen and oxygen atoms in total. The molecule has 0 unspecified atom stereocenters. The number of ether oxygens (including phenoxy) is 3. The smallest absolute Gasteiger partial charge is 0.306 e. The van der Waals surface area contributed by atoms with E-state index in [1.54, 1.807) is 37.4 Å². The van der Waals surface area contributed by atoms with Crippen LogP contribution in [0.5, 0.6) is 11.5 Å². The number of carbonyl (C=O) groups excluding carboxylic acids is 3. The van der Waals surface area contributed by atoms with Crippen LogP contribution >= 0.6 is 0 Å². The molecule has 0 aliphatic carbocycles. The lowest BCUT2D eigenvalue weighted by Gasteiger charge is -2.09. The number of para-hydroxylation sites is 1. The Balaban J connectivity index is 1.75. The van der Waals surface area contributed by atoms with Gasteiger partial charge in [0.2, 0.25) is 0 Å². The summed E-state index contributed by atoms with van der Waals surface area (Å²) in [5, 5.41) is 2.16. The maximum atomic E-state index is 12.1. The molecule has 0 aliphatic rings. The van der Waals surface area contributed by atoms with Gasteiger partial charge in [0.05, 0.1) is 19.8 Å². The van der Waals surface area contributed by atoms with Crippen molar-refractivity contribution in [3.05, 3.63) is 59.7 Å². The molecule has 0 heterocycles. The standard InChI is InChI=1S/C20H21NO6/c1-25-15-10-7-14(8-11-15)9-12-19(23)27-13-18(22)21-20(24)16-5-3-4-6-17(16)26-2/h3-8,10-11H,9,12-13H2,1-2H3,(H,21,22,24). The summed E-state index contributed by atoms with van der Waals surface area (Å²) in [5.41, 5.74) is 1.17. The minimum absolute atomic E-state index is 0.125. The topological polar surface area (TPSA) is 90.9 Å². The minimum Gasteiger partial charge on any atom is -0.497 e. The van der Waals surface area contributed by atoms with Gasteiger partial charge >= 0.3 is 5.97 Å². The minimum atomic E-state index is -0.705. The number of hydrogen-bond acceptors (Lipinski definition) is 6. The Labute approximate surface area is 157 Å². The van der Waals surface area contributed by atoms with Gasteiger partial charge in [-0.25, -0.2) is 0 Å². The van der Waals surface area contributed by atoms with Crippen LogP contribution in [0.1, 0.15) is 22.3 Å². The molecule has 0 radical (unpaired) electrons. The van der Waals surface area contributed by atoms with E-state index in [0.717, 1.165) is 11.3 Å². The molecular formula is C20H21NO6. The van der Waals surface area contributed by atoms with Crippen molar-refractivity contribution in [2.24, 2.45) is 0 Å². The van der Waals surface area contributed by atoms with Gasteiger partial charge in [-0.2, -0.15) is 0 Å². The van der Waals surface area contributed by atoms with Gasteiger partial charge in [0, 0.05) is 6.42 Å². The van der Waals surface area contributed by atoms with Crippen molar-refractivity contribution >= 4 is 17.8 Å².